The number of aromatic nitrogens is 3. The van der Waals surface area contributed by atoms with Crippen molar-refractivity contribution in [3.63, 3.8) is 0 Å². The number of carbonyl (C=O) groups is 1. The Labute approximate surface area is 182 Å². The molecule has 0 fully saturated rings. The number of ether oxygens (including phenoxy) is 1. The number of thiazole rings is 1. The smallest absolute Gasteiger partial charge is 0.383 e. The molecule has 166 valence electrons. The number of methoxy groups -OCH3 is 1. The molecule has 3 aromatic rings. The summed E-state index contributed by atoms with van der Waals surface area (Å²) in [6, 6.07) is 4.76. The van der Waals surface area contributed by atoms with Crippen molar-refractivity contribution in [2.24, 2.45) is 0 Å². The topological polar surface area (TPSA) is 69.0 Å². The van der Waals surface area contributed by atoms with E-state index in [0.717, 1.165) is 22.8 Å². The molecular weight excluding hydrogens is 429 g/mol. The Balaban J connectivity index is 1.64. The van der Waals surface area contributed by atoms with E-state index in [-0.39, 0.29) is 11.7 Å². The molecule has 0 aliphatic carbocycles. The number of nitrogens with one attached hydrogen (secondary N) is 1. The lowest BCUT2D eigenvalue weighted by atomic mass is 10.0. The van der Waals surface area contributed by atoms with Gasteiger partial charge in [-0.1, -0.05) is 6.92 Å². The van der Waals surface area contributed by atoms with Gasteiger partial charge in [0.05, 0.1) is 18.4 Å². The molecule has 0 saturated heterocycles. The van der Waals surface area contributed by atoms with Gasteiger partial charge in [0.1, 0.15) is 11.5 Å². The zero-order chi connectivity index (χ0) is 22.6. The van der Waals surface area contributed by atoms with Gasteiger partial charge in [-0.3, -0.25) is 4.79 Å². The Morgan fingerprint density at radius 3 is 2.58 bits per heavy atom. The summed E-state index contributed by atoms with van der Waals surface area (Å²) in [5.74, 6) is 0.669. The second-order valence-electron chi connectivity index (χ2n) is 7.13. The van der Waals surface area contributed by atoms with Gasteiger partial charge >= 0.3 is 6.18 Å². The number of hydrogen-bond donors (Lipinski definition) is 1. The Bertz CT molecular complexity index is 1030. The third-order valence-electron chi connectivity index (χ3n) is 4.82. The van der Waals surface area contributed by atoms with Gasteiger partial charge in [0, 0.05) is 36.8 Å². The van der Waals surface area contributed by atoms with E-state index in [9.17, 15) is 18.0 Å². The molecule has 0 aliphatic heterocycles. The lowest BCUT2D eigenvalue weighted by molar-refractivity contribution is -0.137. The Kier molecular flexibility index (Phi) is 7.11. The highest BCUT2D eigenvalue weighted by atomic mass is 32.1. The van der Waals surface area contributed by atoms with Crippen molar-refractivity contribution in [2.75, 3.05) is 19.0 Å². The van der Waals surface area contributed by atoms with Crippen LogP contribution < -0.4 is 5.32 Å². The second kappa shape index (κ2) is 9.61. The predicted molar refractivity (Wildman–Crippen MR) is 113 cm³/mol. The van der Waals surface area contributed by atoms with Crippen LogP contribution in [-0.2, 0) is 17.5 Å². The molecule has 6 nitrogen and oxygen atoms in total. The third kappa shape index (κ3) is 5.71. The SMILES string of the molecule is COCCn1c(C(=O)CC(C)c2cnc(Nc3ccc(C(F)(F)F)cc3)s2)cnc1C. The van der Waals surface area contributed by atoms with Crippen LogP contribution in [0.1, 0.15) is 46.0 Å². The first-order chi connectivity index (χ1) is 14.7. The average molecular weight is 453 g/mol. The van der Waals surface area contributed by atoms with Crippen molar-refractivity contribution >= 4 is 27.9 Å². The standard InChI is InChI=1S/C21H23F3N4O2S/c1-13(10-18(29)17-11-25-14(2)28(17)8-9-30-3)19-12-26-20(31-19)27-16-6-4-15(5-7-16)21(22,23)24/h4-7,11-13H,8-10H2,1-3H3,(H,26,27). The number of Topliss-reactive ketones (excluding diaryl/α,β-unsaturated/α-hetero) is 1. The van der Waals surface area contributed by atoms with Crippen LogP contribution in [0.15, 0.2) is 36.7 Å². The predicted octanol–water partition coefficient (Wildman–Crippen LogP) is 5.43. The molecule has 2 heterocycles. The molecule has 0 radical (unpaired) electrons. The first-order valence-electron chi connectivity index (χ1n) is 9.63. The fourth-order valence-electron chi connectivity index (χ4n) is 3.08. The van der Waals surface area contributed by atoms with Crippen LogP contribution >= 0.6 is 11.3 Å². The summed E-state index contributed by atoms with van der Waals surface area (Å²) in [7, 11) is 1.61. The molecule has 2 aromatic heterocycles. The van der Waals surface area contributed by atoms with Crippen LogP contribution in [0.2, 0.25) is 0 Å². The van der Waals surface area contributed by atoms with Crippen molar-refractivity contribution in [3.05, 3.63) is 58.6 Å². The van der Waals surface area contributed by atoms with E-state index in [1.54, 1.807) is 19.5 Å². The first kappa shape index (κ1) is 23.0. The number of imidazole rings is 1. The average Bonchev–Trinajstić information content (AvgIpc) is 3.33. The molecule has 3 rings (SSSR count). The van der Waals surface area contributed by atoms with Crippen LogP contribution in [0.25, 0.3) is 0 Å². The summed E-state index contributed by atoms with van der Waals surface area (Å²) in [6.07, 6.45) is -0.806. The van der Waals surface area contributed by atoms with Gasteiger partial charge in [-0.25, -0.2) is 9.97 Å². The fraction of sp³-hybridized carbons (Fsp3) is 0.381. The van der Waals surface area contributed by atoms with E-state index in [1.165, 1.54) is 23.5 Å². The maximum Gasteiger partial charge on any atom is 0.416 e. The number of rotatable bonds is 9. The van der Waals surface area contributed by atoms with Crippen LogP contribution in [0.5, 0.6) is 0 Å². The number of halogens is 3. The Morgan fingerprint density at radius 1 is 1.23 bits per heavy atom. The number of benzene rings is 1. The number of carbonyl (C=O) groups excluding carboxylic acids is 1. The van der Waals surface area contributed by atoms with Crippen molar-refractivity contribution in [3.8, 4) is 0 Å². The Morgan fingerprint density at radius 2 is 1.94 bits per heavy atom. The van der Waals surface area contributed by atoms with E-state index in [1.807, 2.05) is 18.4 Å². The molecule has 0 bridgehead atoms. The molecule has 0 spiro atoms. The number of hydrogen-bond acceptors (Lipinski definition) is 6. The molecule has 0 aliphatic rings. The lowest BCUT2D eigenvalue weighted by Crippen LogP contribution is -2.14. The zero-order valence-corrected chi connectivity index (χ0v) is 18.2. The third-order valence-corrected chi connectivity index (χ3v) is 5.97. The van der Waals surface area contributed by atoms with Crippen molar-refractivity contribution in [1.29, 1.82) is 0 Å². The summed E-state index contributed by atoms with van der Waals surface area (Å²) >= 11 is 1.37. The van der Waals surface area contributed by atoms with Gasteiger partial charge in [0.2, 0.25) is 0 Å². The summed E-state index contributed by atoms with van der Waals surface area (Å²) in [4.78, 5) is 22.2. The van der Waals surface area contributed by atoms with Gasteiger partial charge in [-0.15, -0.1) is 11.3 Å². The quantitative estimate of drug-likeness (QED) is 0.438. The van der Waals surface area contributed by atoms with Crippen LogP contribution in [0.3, 0.4) is 0 Å². The second-order valence-corrected chi connectivity index (χ2v) is 8.19. The highest BCUT2D eigenvalue weighted by Gasteiger charge is 2.30. The maximum absolute atomic E-state index is 12.8. The zero-order valence-electron chi connectivity index (χ0n) is 17.4. The Hall–Kier alpha value is -2.72. The number of anilines is 2. The number of aryl methyl sites for hydroxylation is 1. The van der Waals surface area contributed by atoms with Crippen LogP contribution in [0, 0.1) is 6.92 Å². The van der Waals surface area contributed by atoms with Gasteiger partial charge in [-0.05, 0) is 37.1 Å². The van der Waals surface area contributed by atoms with Crippen LogP contribution in [0.4, 0.5) is 24.0 Å². The minimum absolute atomic E-state index is 0.0187. The monoisotopic (exact) mass is 452 g/mol. The number of nitrogens with zero attached hydrogens (tertiary/aromatic N) is 3. The molecule has 31 heavy (non-hydrogen) atoms. The first-order valence-corrected chi connectivity index (χ1v) is 10.4. The van der Waals surface area contributed by atoms with E-state index in [2.05, 4.69) is 15.3 Å². The lowest BCUT2D eigenvalue weighted by Gasteiger charge is -2.11. The van der Waals surface area contributed by atoms with E-state index in [0.29, 0.717) is 36.1 Å². The van der Waals surface area contributed by atoms with E-state index < -0.39 is 11.7 Å². The summed E-state index contributed by atoms with van der Waals surface area (Å²) in [6.45, 7) is 4.83. The fourth-order valence-corrected chi connectivity index (χ4v) is 3.96. The maximum atomic E-state index is 12.8. The molecule has 0 saturated carbocycles. The van der Waals surface area contributed by atoms with Crippen molar-refractivity contribution in [1.82, 2.24) is 14.5 Å². The van der Waals surface area contributed by atoms with Gasteiger partial charge in [0.15, 0.2) is 10.9 Å². The summed E-state index contributed by atoms with van der Waals surface area (Å²) in [5.41, 5.74) is 0.356. The number of alkyl halides is 3. The normalized spacial score (nSPS) is 12.7. The molecular formula is C21H23F3N4O2S. The molecule has 1 atom stereocenters. The minimum atomic E-state index is -4.37. The highest BCUT2D eigenvalue weighted by molar-refractivity contribution is 7.15. The highest BCUT2D eigenvalue weighted by Crippen LogP contribution is 2.33. The van der Waals surface area contributed by atoms with Crippen molar-refractivity contribution < 1.29 is 22.7 Å². The molecule has 0 amide bonds. The molecule has 1 unspecified atom stereocenters. The molecule has 1 N–H and O–H groups in total. The van der Waals surface area contributed by atoms with Gasteiger partial charge in [0.25, 0.3) is 0 Å². The van der Waals surface area contributed by atoms with E-state index in [4.69, 9.17) is 4.74 Å². The van der Waals surface area contributed by atoms with Gasteiger partial charge in [-0.2, -0.15) is 13.2 Å². The summed E-state index contributed by atoms with van der Waals surface area (Å²) in [5, 5.41) is 3.56. The summed E-state index contributed by atoms with van der Waals surface area (Å²) < 4.78 is 45.0. The van der Waals surface area contributed by atoms with Crippen LogP contribution in [-0.4, -0.2) is 34.0 Å². The number of ketones is 1. The van der Waals surface area contributed by atoms with E-state index >= 15 is 0 Å². The van der Waals surface area contributed by atoms with Gasteiger partial charge < -0.3 is 14.6 Å². The largest absolute Gasteiger partial charge is 0.416 e. The van der Waals surface area contributed by atoms with Crippen molar-refractivity contribution in [2.45, 2.75) is 38.9 Å². The minimum Gasteiger partial charge on any atom is -0.383 e. The molecule has 1 aromatic carbocycles. The molecule has 10 heteroatoms.